The van der Waals surface area contributed by atoms with Crippen LogP contribution in [0.3, 0.4) is 0 Å². The zero-order valence-corrected chi connectivity index (χ0v) is 18.9. The minimum absolute atomic E-state index is 0.0417. The number of hydrogen-bond acceptors (Lipinski definition) is 4. The molecule has 2 aromatic rings. The number of nitrogens with one attached hydrogen (secondary N) is 2. The molecule has 0 aromatic heterocycles. The van der Waals surface area contributed by atoms with Gasteiger partial charge in [-0.15, -0.1) is 0 Å². The fourth-order valence-corrected chi connectivity index (χ4v) is 3.79. The normalized spacial score (nSPS) is 16.5. The van der Waals surface area contributed by atoms with E-state index in [1.807, 2.05) is 25.1 Å². The van der Waals surface area contributed by atoms with E-state index in [1.54, 1.807) is 29.2 Å². The average molecular weight is 438 g/mol. The predicted molar refractivity (Wildman–Crippen MR) is 125 cm³/mol. The summed E-state index contributed by atoms with van der Waals surface area (Å²) in [7, 11) is 0. The highest BCUT2D eigenvalue weighted by atomic mass is 16.5. The van der Waals surface area contributed by atoms with Crippen molar-refractivity contribution < 1.29 is 19.1 Å². The number of amides is 3. The second kappa shape index (κ2) is 10.8. The first kappa shape index (κ1) is 23.3. The highest BCUT2D eigenvalue weighted by Gasteiger charge is 2.36. The van der Waals surface area contributed by atoms with Gasteiger partial charge in [0.1, 0.15) is 5.75 Å². The van der Waals surface area contributed by atoms with Crippen molar-refractivity contribution in [1.29, 1.82) is 0 Å². The molecule has 1 saturated heterocycles. The zero-order chi connectivity index (χ0) is 23.1. The van der Waals surface area contributed by atoms with Crippen molar-refractivity contribution in [3.63, 3.8) is 0 Å². The molecule has 2 atom stereocenters. The molecule has 0 spiro atoms. The van der Waals surface area contributed by atoms with Crippen molar-refractivity contribution in [2.24, 2.45) is 5.92 Å². The van der Waals surface area contributed by atoms with Crippen LogP contribution < -0.4 is 20.3 Å². The Labute approximate surface area is 189 Å². The minimum Gasteiger partial charge on any atom is -0.484 e. The standard InChI is InChI=1S/C25H31N3O4/c1-4-17(3)21-11-6-7-12-22(21)28-15-18(13-24(28)30)25(31)27-19-9-8-10-20(14-19)32-16-23(29)26-5-2/h6-12,14,17-18H,4-5,13,15-16H2,1-3H3,(H,26,29)(H,27,31). The molecule has 170 valence electrons. The Hall–Kier alpha value is -3.35. The summed E-state index contributed by atoms with van der Waals surface area (Å²) < 4.78 is 5.48. The number of para-hydroxylation sites is 1. The van der Waals surface area contributed by atoms with Gasteiger partial charge in [0.15, 0.2) is 6.61 Å². The first-order chi connectivity index (χ1) is 15.4. The second-order valence-corrected chi connectivity index (χ2v) is 8.03. The lowest BCUT2D eigenvalue weighted by Gasteiger charge is -2.23. The molecule has 3 amide bonds. The highest BCUT2D eigenvalue weighted by molar-refractivity contribution is 6.04. The SMILES string of the molecule is CCNC(=O)COc1cccc(NC(=O)C2CC(=O)N(c3ccccc3C(C)CC)C2)c1. The van der Waals surface area contributed by atoms with E-state index >= 15 is 0 Å². The van der Waals surface area contributed by atoms with Crippen molar-refractivity contribution in [3.8, 4) is 5.75 Å². The zero-order valence-electron chi connectivity index (χ0n) is 18.9. The Bertz CT molecular complexity index is 975. The van der Waals surface area contributed by atoms with E-state index in [0.717, 1.165) is 17.7 Å². The van der Waals surface area contributed by atoms with Gasteiger partial charge in [0.2, 0.25) is 11.8 Å². The quantitative estimate of drug-likeness (QED) is 0.626. The Balaban J connectivity index is 1.65. The van der Waals surface area contributed by atoms with Crippen molar-refractivity contribution in [3.05, 3.63) is 54.1 Å². The predicted octanol–water partition coefficient (Wildman–Crippen LogP) is 3.71. The van der Waals surface area contributed by atoms with Gasteiger partial charge in [-0.2, -0.15) is 0 Å². The number of carbonyl (C=O) groups excluding carboxylic acids is 3. The van der Waals surface area contributed by atoms with Crippen LogP contribution in [0.5, 0.6) is 5.75 Å². The van der Waals surface area contributed by atoms with E-state index in [2.05, 4.69) is 30.5 Å². The first-order valence-electron chi connectivity index (χ1n) is 11.1. The third-order valence-corrected chi connectivity index (χ3v) is 5.71. The molecule has 1 aliphatic heterocycles. The summed E-state index contributed by atoms with van der Waals surface area (Å²) in [5.74, 6) is -0.0751. The van der Waals surface area contributed by atoms with Crippen LogP contribution in [0.25, 0.3) is 0 Å². The summed E-state index contributed by atoms with van der Waals surface area (Å²) in [5.41, 5.74) is 2.58. The van der Waals surface area contributed by atoms with Crippen LogP contribution in [0.15, 0.2) is 48.5 Å². The lowest BCUT2D eigenvalue weighted by Crippen LogP contribution is -2.29. The molecule has 1 heterocycles. The summed E-state index contributed by atoms with van der Waals surface area (Å²) in [6.45, 7) is 6.91. The summed E-state index contributed by atoms with van der Waals surface area (Å²) in [5, 5.41) is 5.55. The van der Waals surface area contributed by atoms with Crippen molar-refractivity contribution in [2.75, 3.05) is 29.9 Å². The number of ether oxygens (including phenoxy) is 1. The van der Waals surface area contributed by atoms with E-state index in [0.29, 0.717) is 30.4 Å². The van der Waals surface area contributed by atoms with Crippen LogP contribution in [-0.2, 0) is 14.4 Å². The largest absolute Gasteiger partial charge is 0.484 e. The van der Waals surface area contributed by atoms with Gasteiger partial charge in [0, 0.05) is 37.0 Å². The molecule has 7 nitrogen and oxygen atoms in total. The molecule has 2 N–H and O–H groups in total. The smallest absolute Gasteiger partial charge is 0.257 e. The minimum atomic E-state index is -0.438. The number of carbonyl (C=O) groups is 3. The Kier molecular flexibility index (Phi) is 7.87. The van der Waals surface area contributed by atoms with Crippen LogP contribution in [0, 0.1) is 5.92 Å². The van der Waals surface area contributed by atoms with Crippen LogP contribution in [0.1, 0.15) is 45.1 Å². The Morgan fingerprint density at radius 3 is 2.69 bits per heavy atom. The molecule has 3 rings (SSSR count). The van der Waals surface area contributed by atoms with Crippen LogP contribution in [-0.4, -0.2) is 37.4 Å². The fraction of sp³-hybridized carbons (Fsp3) is 0.400. The third-order valence-electron chi connectivity index (χ3n) is 5.71. The van der Waals surface area contributed by atoms with Gasteiger partial charge in [0.25, 0.3) is 5.91 Å². The van der Waals surface area contributed by atoms with Gasteiger partial charge in [-0.25, -0.2) is 0 Å². The number of benzene rings is 2. The highest BCUT2D eigenvalue weighted by Crippen LogP contribution is 2.33. The van der Waals surface area contributed by atoms with Crippen LogP contribution >= 0.6 is 0 Å². The molecule has 0 radical (unpaired) electrons. The maximum Gasteiger partial charge on any atom is 0.257 e. The Morgan fingerprint density at radius 2 is 1.94 bits per heavy atom. The first-order valence-corrected chi connectivity index (χ1v) is 11.1. The maximum atomic E-state index is 12.9. The van der Waals surface area contributed by atoms with Crippen molar-refractivity contribution >= 4 is 29.1 Å². The van der Waals surface area contributed by atoms with Gasteiger partial charge in [-0.3, -0.25) is 14.4 Å². The topological polar surface area (TPSA) is 87.7 Å². The van der Waals surface area contributed by atoms with Crippen LogP contribution in [0.2, 0.25) is 0 Å². The van der Waals surface area contributed by atoms with Gasteiger partial charge >= 0.3 is 0 Å². The van der Waals surface area contributed by atoms with E-state index in [9.17, 15) is 14.4 Å². The van der Waals surface area contributed by atoms with E-state index in [-0.39, 0.29) is 30.7 Å². The molecule has 7 heteroatoms. The van der Waals surface area contributed by atoms with Crippen molar-refractivity contribution in [1.82, 2.24) is 5.32 Å². The molecule has 2 aromatic carbocycles. The van der Waals surface area contributed by atoms with Crippen LogP contribution in [0.4, 0.5) is 11.4 Å². The van der Waals surface area contributed by atoms with Gasteiger partial charge in [-0.1, -0.05) is 38.1 Å². The third kappa shape index (κ3) is 5.66. The summed E-state index contributed by atoms with van der Waals surface area (Å²) >= 11 is 0. The maximum absolute atomic E-state index is 12.9. The lowest BCUT2D eigenvalue weighted by atomic mass is 9.96. The molecular weight excluding hydrogens is 406 g/mol. The number of likely N-dealkylation sites (N-methyl/N-ethyl adjacent to an activating group) is 1. The Morgan fingerprint density at radius 1 is 1.16 bits per heavy atom. The summed E-state index contributed by atoms with van der Waals surface area (Å²) in [4.78, 5) is 38.9. The second-order valence-electron chi connectivity index (χ2n) is 8.03. The number of nitrogens with zero attached hydrogens (tertiary/aromatic N) is 1. The van der Waals surface area contributed by atoms with Gasteiger partial charge in [0.05, 0.1) is 5.92 Å². The number of hydrogen-bond donors (Lipinski definition) is 2. The average Bonchev–Trinajstić information content (AvgIpc) is 3.19. The molecular formula is C25H31N3O4. The molecule has 2 unspecified atom stereocenters. The van der Waals surface area contributed by atoms with Crippen molar-refractivity contribution in [2.45, 2.75) is 39.5 Å². The molecule has 32 heavy (non-hydrogen) atoms. The van der Waals surface area contributed by atoms with E-state index < -0.39 is 5.92 Å². The molecule has 0 bridgehead atoms. The fourth-order valence-electron chi connectivity index (χ4n) is 3.79. The molecule has 0 aliphatic carbocycles. The van der Waals surface area contributed by atoms with E-state index in [1.165, 1.54) is 0 Å². The monoisotopic (exact) mass is 437 g/mol. The summed E-state index contributed by atoms with van der Waals surface area (Å²) in [6, 6.07) is 14.8. The van der Waals surface area contributed by atoms with Gasteiger partial charge < -0.3 is 20.3 Å². The van der Waals surface area contributed by atoms with Gasteiger partial charge in [-0.05, 0) is 43.0 Å². The number of rotatable bonds is 9. The molecule has 1 aliphatic rings. The molecule has 1 fully saturated rings. The number of anilines is 2. The molecule has 0 saturated carbocycles. The summed E-state index contributed by atoms with van der Waals surface area (Å²) in [6.07, 6.45) is 1.15. The lowest BCUT2D eigenvalue weighted by molar-refractivity contribution is -0.123. The van der Waals surface area contributed by atoms with E-state index in [4.69, 9.17) is 4.74 Å².